The molecule has 1 aliphatic rings. The van der Waals surface area contributed by atoms with Crippen LogP contribution in [0.3, 0.4) is 0 Å². The van der Waals surface area contributed by atoms with Crippen LogP contribution in [0.25, 0.3) is 6.08 Å². The van der Waals surface area contributed by atoms with Crippen LogP contribution in [-0.2, 0) is 9.53 Å². The highest BCUT2D eigenvalue weighted by molar-refractivity contribution is 7.07. The largest absolute Gasteiger partial charge is 0.497 e. The van der Waals surface area contributed by atoms with Gasteiger partial charge in [-0.15, -0.1) is 0 Å². The third kappa shape index (κ3) is 5.22. The van der Waals surface area contributed by atoms with E-state index in [4.69, 9.17) is 18.9 Å². The van der Waals surface area contributed by atoms with Gasteiger partial charge in [0.2, 0.25) is 0 Å². The molecule has 0 saturated heterocycles. The van der Waals surface area contributed by atoms with Crippen molar-refractivity contribution in [2.75, 3.05) is 27.4 Å². The average molecular weight is 521 g/mol. The zero-order valence-corrected chi connectivity index (χ0v) is 22.0. The van der Waals surface area contributed by atoms with Crippen LogP contribution in [0.15, 0.2) is 76.2 Å². The van der Waals surface area contributed by atoms with E-state index >= 15 is 0 Å². The lowest BCUT2D eigenvalue weighted by Crippen LogP contribution is -2.39. The van der Waals surface area contributed by atoms with Crippen LogP contribution in [0.5, 0.6) is 17.2 Å². The first-order valence-corrected chi connectivity index (χ1v) is 12.5. The summed E-state index contributed by atoms with van der Waals surface area (Å²) in [6.45, 7) is 7.82. The quantitative estimate of drug-likeness (QED) is 0.318. The lowest BCUT2D eigenvalue weighted by atomic mass is 9.96. The van der Waals surface area contributed by atoms with Gasteiger partial charge in [-0.1, -0.05) is 42.2 Å². The predicted molar refractivity (Wildman–Crippen MR) is 142 cm³/mol. The van der Waals surface area contributed by atoms with Gasteiger partial charge in [-0.2, -0.15) is 0 Å². The minimum Gasteiger partial charge on any atom is -0.497 e. The van der Waals surface area contributed by atoms with Gasteiger partial charge >= 0.3 is 5.97 Å². The molecular weight excluding hydrogens is 492 g/mol. The summed E-state index contributed by atoms with van der Waals surface area (Å²) in [5.74, 6) is 1.31. The van der Waals surface area contributed by atoms with E-state index in [1.54, 1.807) is 43.9 Å². The van der Waals surface area contributed by atoms with Crippen LogP contribution in [0.2, 0.25) is 0 Å². The normalized spacial score (nSPS) is 15.0. The van der Waals surface area contributed by atoms with Gasteiger partial charge in [0, 0.05) is 0 Å². The van der Waals surface area contributed by atoms with Crippen molar-refractivity contribution in [3.8, 4) is 17.2 Å². The Morgan fingerprint density at radius 2 is 1.89 bits per heavy atom. The maximum absolute atomic E-state index is 13.7. The molecular formula is C28H28N2O6S. The highest BCUT2D eigenvalue weighted by Crippen LogP contribution is 2.32. The lowest BCUT2D eigenvalue weighted by molar-refractivity contribution is -0.138. The Morgan fingerprint density at radius 1 is 1.14 bits per heavy atom. The molecule has 1 aromatic heterocycles. The molecule has 0 fully saturated rings. The molecule has 0 spiro atoms. The fourth-order valence-corrected chi connectivity index (χ4v) is 5.14. The number of fused-ring (bicyclic) bond motifs is 1. The van der Waals surface area contributed by atoms with Crippen molar-refractivity contribution in [1.82, 2.24) is 4.57 Å². The molecule has 0 amide bonds. The van der Waals surface area contributed by atoms with E-state index in [9.17, 15) is 9.59 Å². The van der Waals surface area contributed by atoms with E-state index in [1.807, 2.05) is 37.3 Å². The molecule has 192 valence electrons. The van der Waals surface area contributed by atoms with Gasteiger partial charge in [0.1, 0.15) is 12.4 Å². The first-order valence-electron chi connectivity index (χ1n) is 11.7. The predicted octanol–water partition coefficient (Wildman–Crippen LogP) is 3.38. The van der Waals surface area contributed by atoms with E-state index in [1.165, 1.54) is 17.4 Å². The van der Waals surface area contributed by atoms with Gasteiger partial charge in [0.15, 0.2) is 16.3 Å². The summed E-state index contributed by atoms with van der Waals surface area (Å²) in [5.41, 5.74) is 2.03. The number of aromatic nitrogens is 1. The molecule has 9 heteroatoms. The SMILES string of the molecule is C=CCOC(=O)C1=C(C)N=c2s/c(=C/c3ccc(OCC)c(OC)c3)c(=O)n2[C@@H]1c1ccc(OC)cc1. The highest BCUT2D eigenvalue weighted by Gasteiger charge is 2.33. The van der Waals surface area contributed by atoms with Gasteiger partial charge in [0.25, 0.3) is 5.56 Å². The van der Waals surface area contributed by atoms with Crippen LogP contribution in [0.1, 0.15) is 31.0 Å². The number of nitrogens with zero attached hydrogens (tertiary/aromatic N) is 2. The number of benzene rings is 2. The first kappa shape index (κ1) is 26.0. The topological polar surface area (TPSA) is 88.4 Å². The van der Waals surface area contributed by atoms with E-state index in [2.05, 4.69) is 11.6 Å². The number of methoxy groups -OCH3 is 2. The fourth-order valence-electron chi connectivity index (χ4n) is 4.10. The number of carbonyl (C=O) groups is 1. The summed E-state index contributed by atoms with van der Waals surface area (Å²) in [4.78, 5) is 31.9. The van der Waals surface area contributed by atoms with Crippen LogP contribution >= 0.6 is 11.3 Å². The smallest absolute Gasteiger partial charge is 0.338 e. The number of esters is 1. The Kier molecular flexibility index (Phi) is 7.93. The minimum absolute atomic E-state index is 0.0505. The first-order chi connectivity index (χ1) is 17.9. The molecule has 0 N–H and O–H groups in total. The van der Waals surface area contributed by atoms with Gasteiger partial charge in [0.05, 0.1) is 42.7 Å². The second-order valence-corrected chi connectivity index (χ2v) is 9.09. The molecule has 37 heavy (non-hydrogen) atoms. The van der Waals surface area contributed by atoms with Crippen molar-refractivity contribution in [3.05, 3.63) is 97.2 Å². The zero-order chi connectivity index (χ0) is 26.5. The second kappa shape index (κ2) is 11.3. The number of thiazole rings is 1. The molecule has 1 atom stereocenters. The Balaban J connectivity index is 1.88. The summed E-state index contributed by atoms with van der Waals surface area (Å²) in [6, 6.07) is 12.0. The number of ether oxygens (including phenoxy) is 4. The van der Waals surface area contributed by atoms with Crippen molar-refractivity contribution >= 4 is 23.4 Å². The Hall–Kier alpha value is -4.11. The zero-order valence-electron chi connectivity index (χ0n) is 21.1. The van der Waals surface area contributed by atoms with Crippen LogP contribution in [-0.4, -0.2) is 38.0 Å². The number of hydrogen-bond acceptors (Lipinski definition) is 8. The molecule has 0 saturated carbocycles. The molecule has 8 nitrogen and oxygen atoms in total. The van der Waals surface area contributed by atoms with Crippen molar-refractivity contribution in [1.29, 1.82) is 0 Å². The average Bonchev–Trinajstić information content (AvgIpc) is 3.21. The minimum atomic E-state index is -0.712. The molecule has 4 rings (SSSR count). The molecule has 1 aliphatic heterocycles. The summed E-state index contributed by atoms with van der Waals surface area (Å²) in [7, 11) is 3.15. The molecule has 2 aromatic carbocycles. The van der Waals surface area contributed by atoms with E-state index < -0.39 is 12.0 Å². The maximum Gasteiger partial charge on any atom is 0.338 e. The fraction of sp³-hybridized carbons (Fsp3) is 0.250. The molecule has 0 bridgehead atoms. The Morgan fingerprint density at radius 3 is 2.54 bits per heavy atom. The molecule has 0 radical (unpaired) electrons. The number of carbonyl (C=O) groups excluding carboxylic acids is 1. The van der Waals surface area contributed by atoms with E-state index in [-0.39, 0.29) is 12.2 Å². The van der Waals surface area contributed by atoms with Crippen LogP contribution in [0.4, 0.5) is 0 Å². The third-order valence-corrected chi connectivity index (χ3v) is 6.77. The van der Waals surface area contributed by atoms with Gasteiger partial charge < -0.3 is 18.9 Å². The van der Waals surface area contributed by atoms with Crippen LogP contribution in [0, 0.1) is 0 Å². The van der Waals surface area contributed by atoms with Gasteiger partial charge in [-0.3, -0.25) is 9.36 Å². The standard InChI is InChI=1S/C28H28N2O6S/c1-6-14-36-27(32)24-17(3)29-28-30(25(24)19-9-11-20(33-4)12-10-19)26(31)23(37-28)16-18-8-13-21(35-7-2)22(15-18)34-5/h6,8-13,15-16,25H,1,7,14H2,2-5H3/b23-16+/t25-/m1/s1. The molecule has 2 heterocycles. The number of rotatable bonds is 9. The molecule has 0 unspecified atom stereocenters. The van der Waals surface area contributed by atoms with Crippen molar-refractivity contribution in [2.45, 2.75) is 19.9 Å². The van der Waals surface area contributed by atoms with Gasteiger partial charge in [-0.05, 0) is 55.3 Å². The van der Waals surface area contributed by atoms with Crippen molar-refractivity contribution in [2.24, 2.45) is 4.99 Å². The monoisotopic (exact) mass is 520 g/mol. The summed E-state index contributed by atoms with van der Waals surface area (Å²) >= 11 is 1.26. The lowest BCUT2D eigenvalue weighted by Gasteiger charge is -2.24. The Labute approximate surface area is 218 Å². The summed E-state index contributed by atoms with van der Waals surface area (Å²) < 4.78 is 23.7. The molecule has 3 aromatic rings. The third-order valence-electron chi connectivity index (χ3n) is 5.79. The van der Waals surface area contributed by atoms with Gasteiger partial charge in [-0.25, -0.2) is 9.79 Å². The number of allylic oxidation sites excluding steroid dienone is 1. The van der Waals surface area contributed by atoms with Crippen LogP contribution < -0.4 is 29.1 Å². The molecule has 0 aliphatic carbocycles. The number of hydrogen-bond donors (Lipinski definition) is 0. The highest BCUT2D eigenvalue weighted by atomic mass is 32.1. The second-order valence-electron chi connectivity index (χ2n) is 8.09. The van der Waals surface area contributed by atoms with E-state index in [0.717, 1.165) is 11.1 Å². The summed E-state index contributed by atoms with van der Waals surface area (Å²) in [5, 5.41) is 0. The maximum atomic E-state index is 13.7. The van der Waals surface area contributed by atoms with Crippen molar-refractivity contribution < 1.29 is 23.7 Å². The summed E-state index contributed by atoms with van der Waals surface area (Å²) in [6.07, 6.45) is 3.28. The Bertz CT molecular complexity index is 1530. The van der Waals surface area contributed by atoms with Crippen molar-refractivity contribution in [3.63, 3.8) is 0 Å². The van der Waals surface area contributed by atoms with E-state index in [0.29, 0.717) is 44.5 Å².